The van der Waals surface area contributed by atoms with Gasteiger partial charge in [0.1, 0.15) is 11.5 Å². The molecule has 1 N–H and O–H groups in total. The summed E-state index contributed by atoms with van der Waals surface area (Å²) >= 11 is 1.47. The zero-order chi connectivity index (χ0) is 27.8. The number of phosphoric acid groups is 1. The Morgan fingerprint density at radius 3 is 2.69 bits per heavy atom. The first-order valence-corrected chi connectivity index (χ1v) is 16.4. The number of nitrogens with one attached hydrogen (secondary N) is 1. The van der Waals surface area contributed by atoms with E-state index in [1.54, 1.807) is 20.0 Å². The standard InChI is InChI=1S/C29H39N2O6PS/c1-5-35-38(34,36-6-2)37-21-9-11-22-19(15-21)7-10-24-23(22)13-14-29(4)25(32)16-20(27(24)29)8-12-26(33)31-28-30-17-18(3)39-28/h9,11,15,17,20,23-24,27H,5-8,10,12-14,16H2,1-4H3,(H,30,31,33)/t20-,23?,24?,27?,29-/m1/s1. The third kappa shape index (κ3) is 5.74. The largest absolute Gasteiger partial charge is 0.530 e. The predicted octanol–water partition coefficient (Wildman–Crippen LogP) is 7.08. The van der Waals surface area contributed by atoms with Gasteiger partial charge in [-0.15, -0.1) is 11.3 Å². The van der Waals surface area contributed by atoms with Crippen molar-refractivity contribution < 1.29 is 27.7 Å². The molecular weight excluding hydrogens is 535 g/mol. The van der Waals surface area contributed by atoms with Gasteiger partial charge in [0.25, 0.3) is 0 Å². The minimum Gasteiger partial charge on any atom is -0.404 e. The van der Waals surface area contributed by atoms with Crippen molar-refractivity contribution in [1.29, 1.82) is 0 Å². The van der Waals surface area contributed by atoms with E-state index in [1.807, 2.05) is 19.1 Å². The van der Waals surface area contributed by atoms with Crippen LogP contribution < -0.4 is 9.84 Å². The van der Waals surface area contributed by atoms with Crippen LogP contribution in [0.3, 0.4) is 0 Å². The summed E-state index contributed by atoms with van der Waals surface area (Å²) < 4.78 is 29.2. The van der Waals surface area contributed by atoms with Crippen LogP contribution in [-0.2, 0) is 29.6 Å². The van der Waals surface area contributed by atoms with Crippen molar-refractivity contribution in [3.05, 3.63) is 40.4 Å². The van der Waals surface area contributed by atoms with Gasteiger partial charge in [0.15, 0.2) is 5.13 Å². The third-order valence-electron chi connectivity index (χ3n) is 8.94. The van der Waals surface area contributed by atoms with Crippen LogP contribution in [-0.4, -0.2) is 29.9 Å². The topological polar surface area (TPSA) is 104 Å². The van der Waals surface area contributed by atoms with Gasteiger partial charge >= 0.3 is 7.82 Å². The smallest absolute Gasteiger partial charge is 0.404 e. The molecule has 3 aliphatic carbocycles. The van der Waals surface area contributed by atoms with Gasteiger partial charge < -0.3 is 9.84 Å². The van der Waals surface area contributed by atoms with E-state index in [4.69, 9.17) is 13.6 Å². The highest BCUT2D eigenvalue weighted by atomic mass is 32.1. The van der Waals surface area contributed by atoms with E-state index >= 15 is 0 Å². The first kappa shape index (κ1) is 28.5. The quantitative estimate of drug-likeness (QED) is 0.302. The van der Waals surface area contributed by atoms with Crippen LogP contribution in [0.2, 0.25) is 0 Å². The molecule has 2 aromatic rings. The van der Waals surface area contributed by atoms with Crippen LogP contribution in [0.1, 0.15) is 81.2 Å². The van der Waals surface area contributed by atoms with Gasteiger partial charge in [-0.25, -0.2) is 9.55 Å². The number of nitrogens with zero attached hydrogens (tertiary/aromatic N) is 1. The summed E-state index contributed by atoms with van der Waals surface area (Å²) in [6.45, 7) is 8.12. The van der Waals surface area contributed by atoms with Gasteiger partial charge in [0, 0.05) is 29.3 Å². The molecule has 212 valence electrons. The maximum atomic E-state index is 13.3. The molecule has 2 fully saturated rings. The predicted molar refractivity (Wildman–Crippen MR) is 151 cm³/mol. The monoisotopic (exact) mass is 574 g/mol. The lowest BCUT2D eigenvalue weighted by Gasteiger charge is -2.50. The number of rotatable bonds is 10. The van der Waals surface area contributed by atoms with Crippen molar-refractivity contribution in [2.24, 2.45) is 23.2 Å². The van der Waals surface area contributed by atoms with Crippen LogP contribution in [0.5, 0.6) is 5.75 Å². The lowest BCUT2D eigenvalue weighted by molar-refractivity contribution is -0.129. The molecule has 0 radical (unpaired) electrons. The molecular formula is C29H39N2O6PS. The van der Waals surface area contributed by atoms with Crippen LogP contribution in [0.4, 0.5) is 5.13 Å². The van der Waals surface area contributed by atoms with Crippen molar-refractivity contribution in [2.75, 3.05) is 18.5 Å². The average molecular weight is 575 g/mol. The maximum Gasteiger partial charge on any atom is 0.530 e. The Bertz CT molecular complexity index is 1270. The minimum atomic E-state index is -3.66. The van der Waals surface area contributed by atoms with Crippen molar-refractivity contribution in [3.63, 3.8) is 0 Å². The Hall–Kier alpha value is -2.06. The van der Waals surface area contributed by atoms with E-state index in [0.717, 1.165) is 37.0 Å². The molecule has 1 heterocycles. The number of carbonyl (C=O) groups excluding carboxylic acids is 2. The van der Waals surface area contributed by atoms with Crippen LogP contribution in [0.15, 0.2) is 24.4 Å². The molecule has 5 rings (SSSR count). The molecule has 2 saturated carbocycles. The fraction of sp³-hybridized carbons (Fsp3) is 0.621. The number of fused-ring (bicyclic) bond motifs is 5. The number of aromatic nitrogens is 1. The second-order valence-electron chi connectivity index (χ2n) is 11.3. The first-order chi connectivity index (χ1) is 18.7. The molecule has 5 atom stereocenters. The summed E-state index contributed by atoms with van der Waals surface area (Å²) in [6.07, 6.45) is 7.16. The normalized spacial score (nSPS) is 27.9. The summed E-state index contributed by atoms with van der Waals surface area (Å²) in [5.41, 5.74) is 2.20. The molecule has 1 aromatic heterocycles. The molecule has 10 heteroatoms. The second kappa shape index (κ2) is 11.4. The van der Waals surface area contributed by atoms with Crippen LogP contribution in [0, 0.1) is 30.1 Å². The number of hydrogen-bond acceptors (Lipinski definition) is 8. The highest BCUT2D eigenvalue weighted by molar-refractivity contribution is 7.48. The summed E-state index contributed by atoms with van der Waals surface area (Å²) in [6, 6.07) is 5.94. The van der Waals surface area contributed by atoms with Crippen molar-refractivity contribution in [3.8, 4) is 5.75 Å². The van der Waals surface area contributed by atoms with E-state index in [2.05, 4.69) is 23.3 Å². The molecule has 0 spiro atoms. The molecule has 3 aliphatic rings. The number of phosphoric ester groups is 1. The summed E-state index contributed by atoms with van der Waals surface area (Å²) in [7, 11) is -3.66. The molecule has 0 bridgehead atoms. The third-order valence-corrected chi connectivity index (χ3v) is 11.4. The molecule has 8 nitrogen and oxygen atoms in total. The molecule has 0 aliphatic heterocycles. The Kier molecular flexibility index (Phi) is 8.35. The zero-order valence-corrected chi connectivity index (χ0v) is 24.9. The second-order valence-corrected chi connectivity index (χ2v) is 14.1. The van der Waals surface area contributed by atoms with Gasteiger partial charge in [-0.2, -0.15) is 0 Å². The average Bonchev–Trinajstić information content (AvgIpc) is 3.41. The summed E-state index contributed by atoms with van der Waals surface area (Å²) in [4.78, 5) is 31.3. The van der Waals surface area contributed by atoms with Gasteiger partial charge in [-0.05, 0) is 99.8 Å². The summed E-state index contributed by atoms with van der Waals surface area (Å²) in [5.74, 6) is 2.09. The van der Waals surface area contributed by atoms with E-state index in [0.29, 0.717) is 41.3 Å². The summed E-state index contributed by atoms with van der Waals surface area (Å²) in [5, 5.41) is 3.55. The first-order valence-electron chi connectivity index (χ1n) is 14.1. The number of aryl methyl sites for hydroxylation is 2. The number of thiazole rings is 1. The Morgan fingerprint density at radius 2 is 2.00 bits per heavy atom. The maximum absolute atomic E-state index is 13.3. The Balaban J connectivity index is 1.31. The highest BCUT2D eigenvalue weighted by Crippen LogP contribution is 2.62. The molecule has 1 aromatic carbocycles. The number of amides is 1. The number of ketones is 1. The number of carbonyl (C=O) groups is 2. The van der Waals surface area contributed by atoms with E-state index in [9.17, 15) is 14.2 Å². The molecule has 3 unspecified atom stereocenters. The Morgan fingerprint density at radius 1 is 1.23 bits per heavy atom. The van der Waals surface area contributed by atoms with Gasteiger partial charge in [0.2, 0.25) is 5.91 Å². The van der Waals surface area contributed by atoms with Crippen LogP contribution >= 0.6 is 19.2 Å². The number of anilines is 1. The van der Waals surface area contributed by atoms with E-state index in [-0.39, 0.29) is 36.4 Å². The lowest BCUT2D eigenvalue weighted by atomic mass is 9.54. The van der Waals surface area contributed by atoms with Crippen molar-refractivity contribution in [2.45, 2.75) is 78.6 Å². The van der Waals surface area contributed by atoms with E-state index < -0.39 is 7.82 Å². The van der Waals surface area contributed by atoms with Gasteiger partial charge in [-0.1, -0.05) is 13.0 Å². The highest BCUT2D eigenvalue weighted by Gasteiger charge is 2.58. The van der Waals surface area contributed by atoms with E-state index in [1.165, 1.54) is 22.5 Å². The minimum absolute atomic E-state index is 0.0318. The fourth-order valence-electron chi connectivity index (χ4n) is 7.39. The van der Waals surface area contributed by atoms with Crippen LogP contribution in [0.25, 0.3) is 0 Å². The number of Topliss-reactive ketones (excluding diaryl/α,β-unsaturated/α-hetero) is 1. The lowest BCUT2D eigenvalue weighted by Crippen LogP contribution is -2.44. The SMILES string of the molecule is CCOP(=O)(OCC)Oc1ccc2c(c1)CCC1C2CC[C@]2(C)C(=O)C[C@@H](CCC(=O)Nc3ncc(C)s3)C12. The number of benzene rings is 1. The molecule has 0 saturated heterocycles. The van der Waals surface area contributed by atoms with Gasteiger partial charge in [0.05, 0.1) is 13.2 Å². The number of hydrogen-bond donors (Lipinski definition) is 1. The fourth-order valence-corrected chi connectivity index (χ4v) is 9.25. The molecule has 39 heavy (non-hydrogen) atoms. The van der Waals surface area contributed by atoms with Gasteiger partial charge in [-0.3, -0.25) is 18.6 Å². The molecule has 1 amide bonds. The Labute approximate surface area is 234 Å². The van der Waals surface area contributed by atoms with Crippen molar-refractivity contribution in [1.82, 2.24) is 4.98 Å². The van der Waals surface area contributed by atoms with Crippen molar-refractivity contribution >= 4 is 36.0 Å². The zero-order valence-electron chi connectivity index (χ0n) is 23.2.